The van der Waals surface area contributed by atoms with E-state index in [0.29, 0.717) is 6.04 Å². The number of methoxy groups -OCH3 is 3. The topological polar surface area (TPSA) is 47.5 Å². The molecule has 0 unspecified atom stereocenters. The largest absolute Gasteiger partial charge is 0.497 e. The number of hydrogen-bond donors (Lipinski definition) is 1. The van der Waals surface area contributed by atoms with E-state index in [9.17, 15) is 0 Å². The molecular weight excluding hydrogens is 352 g/mol. The van der Waals surface area contributed by atoms with Crippen molar-refractivity contribution >= 4 is 21.5 Å². The van der Waals surface area contributed by atoms with Crippen molar-refractivity contribution in [1.82, 2.24) is 4.90 Å². The van der Waals surface area contributed by atoms with Crippen molar-refractivity contribution in [3.05, 3.63) is 41.5 Å². The monoisotopic (exact) mass is 379 g/mol. The summed E-state index contributed by atoms with van der Waals surface area (Å²) >= 11 is 0. The molecule has 1 saturated heterocycles. The molecule has 3 aromatic rings. The quantitative estimate of drug-likeness (QED) is 0.710. The fourth-order valence-corrected chi connectivity index (χ4v) is 4.98. The van der Waals surface area contributed by atoms with Gasteiger partial charge < -0.3 is 19.5 Å². The van der Waals surface area contributed by atoms with Crippen molar-refractivity contribution < 1.29 is 19.5 Å². The summed E-state index contributed by atoms with van der Waals surface area (Å²) in [5.74, 6) is 2.43. The second kappa shape index (κ2) is 6.83. The summed E-state index contributed by atoms with van der Waals surface area (Å²) in [4.78, 5) is 2.65. The first-order valence-corrected chi connectivity index (χ1v) is 9.96. The lowest BCUT2D eigenvalue weighted by molar-refractivity contribution is -0.669. The number of nitrogens with zero attached hydrogens (tertiary/aromatic N) is 1. The predicted octanol–water partition coefficient (Wildman–Crippen LogP) is 2.32. The molecule has 5 heteroatoms. The summed E-state index contributed by atoms with van der Waals surface area (Å²) in [6.45, 7) is 4.54. The van der Waals surface area contributed by atoms with Crippen molar-refractivity contribution in [2.24, 2.45) is 0 Å². The van der Waals surface area contributed by atoms with Crippen molar-refractivity contribution in [3.63, 3.8) is 0 Å². The third kappa shape index (κ3) is 2.61. The van der Waals surface area contributed by atoms with Crippen LogP contribution < -0.4 is 19.5 Å². The SMILES string of the molecule is COc1ccc2c3c(c4cc(OC)c(OC)cc4c2c1)C[C@H]1C[NH2+]CCN1C3. The van der Waals surface area contributed by atoms with Gasteiger partial charge >= 0.3 is 0 Å². The number of ether oxygens (including phenoxy) is 3. The minimum absolute atomic E-state index is 0.605. The Bertz CT molecular complexity index is 1060. The third-order valence-corrected chi connectivity index (χ3v) is 6.43. The number of quaternary nitrogens is 1. The van der Waals surface area contributed by atoms with Crippen LogP contribution in [0.3, 0.4) is 0 Å². The molecular formula is C23H27N2O3+. The molecule has 2 N–H and O–H groups in total. The first-order chi connectivity index (χ1) is 13.7. The van der Waals surface area contributed by atoms with Crippen LogP contribution in [0.15, 0.2) is 30.3 Å². The van der Waals surface area contributed by atoms with Crippen LogP contribution in [-0.4, -0.2) is 51.9 Å². The van der Waals surface area contributed by atoms with E-state index < -0.39 is 0 Å². The van der Waals surface area contributed by atoms with Crippen LogP contribution in [0, 0.1) is 0 Å². The number of benzene rings is 3. The van der Waals surface area contributed by atoms with Crippen LogP contribution in [0.1, 0.15) is 11.1 Å². The Labute approximate surface area is 165 Å². The van der Waals surface area contributed by atoms with E-state index in [2.05, 4.69) is 40.5 Å². The zero-order valence-corrected chi connectivity index (χ0v) is 16.7. The second-order valence-electron chi connectivity index (χ2n) is 7.76. The predicted molar refractivity (Wildman–Crippen MR) is 111 cm³/mol. The van der Waals surface area contributed by atoms with Gasteiger partial charge in [0.1, 0.15) is 5.75 Å². The van der Waals surface area contributed by atoms with Crippen LogP contribution in [0.4, 0.5) is 0 Å². The highest BCUT2D eigenvalue weighted by Crippen LogP contribution is 2.43. The lowest BCUT2D eigenvalue weighted by atomic mass is 9.84. The third-order valence-electron chi connectivity index (χ3n) is 6.43. The fraction of sp³-hybridized carbons (Fsp3) is 0.391. The van der Waals surface area contributed by atoms with E-state index in [0.717, 1.165) is 36.8 Å². The average molecular weight is 379 g/mol. The van der Waals surface area contributed by atoms with Crippen molar-refractivity contribution in [3.8, 4) is 17.2 Å². The van der Waals surface area contributed by atoms with Crippen LogP contribution in [0.25, 0.3) is 21.5 Å². The van der Waals surface area contributed by atoms with E-state index in [4.69, 9.17) is 14.2 Å². The van der Waals surface area contributed by atoms with E-state index in [1.165, 1.54) is 45.8 Å². The molecule has 28 heavy (non-hydrogen) atoms. The second-order valence-corrected chi connectivity index (χ2v) is 7.76. The molecule has 5 nitrogen and oxygen atoms in total. The van der Waals surface area contributed by atoms with Gasteiger partial charge in [0.15, 0.2) is 11.5 Å². The molecule has 2 heterocycles. The lowest BCUT2D eigenvalue weighted by Crippen LogP contribution is -2.92. The zero-order chi connectivity index (χ0) is 19.3. The van der Waals surface area contributed by atoms with E-state index >= 15 is 0 Å². The molecule has 0 radical (unpaired) electrons. The molecule has 5 rings (SSSR count). The van der Waals surface area contributed by atoms with Gasteiger partial charge in [-0.15, -0.1) is 0 Å². The van der Waals surface area contributed by atoms with Gasteiger partial charge in [-0.05, 0) is 63.4 Å². The van der Waals surface area contributed by atoms with Gasteiger partial charge in [0.25, 0.3) is 0 Å². The average Bonchev–Trinajstić information content (AvgIpc) is 2.76. The van der Waals surface area contributed by atoms with Crippen LogP contribution in [-0.2, 0) is 13.0 Å². The smallest absolute Gasteiger partial charge is 0.161 e. The normalized spacial score (nSPS) is 19.3. The van der Waals surface area contributed by atoms with E-state index in [-0.39, 0.29) is 0 Å². The Morgan fingerprint density at radius 2 is 1.61 bits per heavy atom. The number of fused-ring (bicyclic) bond motifs is 7. The molecule has 0 amide bonds. The first kappa shape index (κ1) is 17.6. The molecule has 0 aliphatic carbocycles. The van der Waals surface area contributed by atoms with Crippen LogP contribution in [0.2, 0.25) is 0 Å². The Hall–Kier alpha value is -2.50. The summed E-state index contributed by atoms with van der Waals surface area (Å²) in [5.41, 5.74) is 2.92. The van der Waals surface area contributed by atoms with Crippen molar-refractivity contribution in [1.29, 1.82) is 0 Å². The molecule has 1 fully saturated rings. The Morgan fingerprint density at radius 3 is 2.36 bits per heavy atom. The highest BCUT2D eigenvalue weighted by Gasteiger charge is 2.32. The molecule has 3 aromatic carbocycles. The van der Waals surface area contributed by atoms with E-state index in [1.54, 1.807) is 21.3 Å². The van der Waals surface area contributed by atoms with Gasteiger partial charge in [-0.25, -0.2) is 0 Å². The highest BCUT2D eigenvalue weighted by atomic mass is 16.5. The highest BCUT2D eigenvalue weighted by molar-refractivity contribution is 6.12. The van der Waals surface area contributed by atoms with Crippen LogP contribution >= 0.6 is 0 Å². The summed E-state index contributed by atoms with van der Waals surface area (Å²) < 4.78 is 16.8. The Kier molecular flexibility index (Phi) is 4.29. The van der Waals surface area contributed by atoms with Gasteiger partial charge in [0, 0.05) is 13.1 Å². The Morgan fingerprint density at radius 1 is 0.857 bits per heavy atom. The first-order valence-electron chi connectivity index (χ1n) is 9.96. The lowest BCUT2D eigenvalue weighted by Gasteiger charge is -2.39. The number of nitrogens with two attached hydrogens (primary N) is 1. The van der Waals surface area contributed by atoms with Crippen molar-refractivity contribution in [2.45, 2.75) is 19.0 Å². The van der Waals surface area contributed by atoms with Gasteiger partial charge in [-0.1, -0.05) is 6.07 Å². The molecule has 0 saturated carbocycles. The molecule has 0 spiro atoms. The maximum Gasteiger partial charge on any atom is 0.161 e. The summed E-state index contributed by atoms with van der Waals surface area (Å²) in [6.07, 6.45) is 1.08. The molecule has 2 aliphatic heterocycles. The molecule has 0 bridgehead atoms. The number of hydrogen-bond acceptors (Lipinski definition) is 4. The summed E-state index contributed by atoms with van der Waals surface area (Å²) in [5, 5.41) is 7.47. The summed E-state index contributed by atoms with van der Waals surface area (Å²) in [6, 6.07) is 11.3. The molecule has 0 aromatic heterocycles. The van der Waals surface area contributed by atoms with E-state index in [1.807, 2.05) is 0 Å². The maximum absolute atomic E-state index is 5.63. The standard InChI is InChI=1S/C23H26N2O3/c1-26-15-4-5-16-18(9-15)20-11-23(28-3)22(27-2)10-19(20)17-8-14-12-24-6-7-25(14)13-21(16)17/h4-5,9-11,14,24H,6-8,12-13H2,1-3H3/p+1/t14-/m0/s1. The maximum atomic E-state index is 5.63. The Balaban J connectivity index is 1.85. The van der Waals surface area contributed by atoms with Crippen molar-refractivity contribution in [2.75, 3.05) is 41.0 Å². The van der Waals surface area contributed by atoms with Crippen LogP contribution in [0.5, 0.6) is 17.2 Å². The molecule has 1 atom stereocenters. The number of rotatable bonds is 3. The molecule has 146 valence electrons. The number of piperazine rings is 1. The van der Waals surface area contributed by atoms with Gasteiger partial charge in [-0.3, -0.25) is 4.90 Å². The zero-order valence-electron chi connectivity index (χ0n) is 16.7. The minimum atomic E-state index is 0.605. The fourth-order valence-electron chi connectivity index (χ4n) is 4.98. The van der Waals surface area contributed by atoms with Gasteiger partial charge in [0.05, 0.1) is 40.5 Å². The van der Waals surface area contributed by atoms with Gasteiger partial charge in [-0.2, -0.15) is 0 Å². The molecule has 2 aliphatic rings. The van der Waals surface area contributed by atoms with Gasteiger partial charge in [0.2, 0.25) is 0 Å². The summed E-state index contributed by atoms with van der Waals surface area (Å²) in [7, 11) is 5.12. The minimum Gasteiger partial charge on any atom is -0.497 e.